The van der Waals surface area contributed by atoms with Crippen LogP contribution in [-0.2, 0) is 22.8 Å². The molecule has 0 aromatic carbocycles. The molecule has 10 heteroatoms. The number of carbonyl (C=O) groups is 1. The van der Waals surface area contributed by atoms with E-state index in [-0.39, 0.29) is 52.1 Å². The summed E-state index contributed by atoms with van der Waals surface area (Å²) in [5, 5.41) is 11.0. The molecule has 1 unspecified atom stereocenters. The van der Waals surface area contributed by atoms with E-state index in [9.17, 15) is 10.1 Å². The molecule has 1 saturated carbocycles. The first-order valence-electron chi connectivity index (χ1n) is 25.0. The molecule has 0 spiro atoms. The van der Waals surface area contributed by atoms with Crippen molar-refractivity contribution in [3.05, 3.63) is 36.5 Å². The van der Waals surface area contributed by atoms with Gasteiger partial charge < -0.3 is 18.0 Å². The van der Waals surface area contributed by atoms with Gasteiger partial charge in [-0.25, -0.2) is 0 Å². The van der Waals surface area contributed by atoms with Crippen LogP contribution in [0.1, 0.15) is 141 Å². The van der Waals surface area contributed by atoms with Crippen LogP contribution in [-0.4, -0.2) is 63.9 Å². The van der Waals surface area contributed by atoms with E-state index in [1.807, 2.05) is 12.2 Å². The molecule has 0 N–H and O–H groups in total. The fourth-order valence-electron chi connectivity index (χ4n) is 9.02. The second-order valence-corrected chi connectivity index (χ2v) is 43.9. The fraction of sp³-hybridized carbons (Fsp3) is 0.846. The van der Waals surface area contributed by atoms with Gasteiger partial charge in [0, 0.05) is 8.07 Å². The summed E-state index contributed by atoms with van der Waals surface area (Å²) in [5.74, 6) is 1.65. The molecule has 1 aliphatic rings. The van der Waals surface area contributed by atoms with Crippen LogP contribution < -0.4 is 0 Å². The summed E-state index contributed by atoms with van der Waals surface area (Å²) in [6.07, 6.45) is 15.9. The lowest BCUT2D eigenvalue weighted by atomic mass is 9.82. The van der Waals surface area contributed by atoms with E-state index in [0.717, 1.165) is 75.5 Å². The summed E-state index contributed by atoms with van der Waals surface area (Å²) < 4.78 is 27.4. The summed E-state index contributed by atoms with van der Waals surface area (Å²) in [6.45, 7) is 51.0. The van der Waals surface area contributed by atoms with Gasteiger partial charge in [-0.1, -0.05) is 134 Å². The van der Waals surface area contributed by atoms with Crippen LogP contribution in [0, 0.1) is 46.8 Å². The number of nitrogens with zero attached hydrogens (tertiary/aromatic N) is 1. The number of carbonyl (C=O) groups excluding carboxylic acids is 1. The highest BCUT2D eigenvalue weighted by molar-refractivity contribution is 6.76. The predicted molar refractivity (Wildman–Crippen MR) is 279 cm³/mol. The summed E-state index contributed by atoms with van der Waals surface area (Å²) in [7, 11) is -7.40. The van der Waals surface area contributed by atoms with E-state index in [2.05, 4.69) is 161 Å². The van der Waals surface area contributed by atoms with Crippen LogP contribution in [0.4, 0.5) is 0 Å². The van der Waals surface area contributed by atoms with Gasteiger partial charge in [-0.2, -0.15) is 5.26 Å². The number of allylic oxidation sites excluding steroid dienone is 2. The lowest BCUT2D eigenvalue weighted by Gasteiger charge is -2.41. The van der Waals surface area contributed by atoms with Crippen molar-refractivity contribution in [2.24, 2.45) is 35.5 Å². The average Bonchev–Trinajstić information content (AvgIpc) is 3.64. The largest absolute Gasteiger partial charge is 0.466 e. The number of ether oxygens (including phenoxy) is 1. The van der Waals surface area contributed by atoms with Gasteiger partial charge >= 0.3 is 5.97 Å². The third kappa shape index (κ3) is 19.0. The zero-order valence-corrected chi connectivity index (χ0v) is 48.4. The minimum atomic E-state index is -2.22. The lowest BCUT2D eigenvalue weighted by Crippen LogP contribution is -2.46. The highest BCUT2D eigenvalue weighted by Crippen LogP contribution is 2.43. The molecule has 6 nitrogen and oxygen atoms in total. The lowest BCUT2D eigenvalue weighted by molar-refractivity contribution is -0.150. The molecule has 9 atom stereocenters. The molecule has 1 fully saturated rings. The average molecular weight is 933 g/mol. The summed E-state index contributed by atoms with van der Waals surface area (Å²) in [6, 6.07) is 6.81. The third-order valence-electron chi connectivity index (χ3n) is 15.4. The Bertz CT molecular complexity index is 1440. The maximum Gasteiger partial charge on any atom is 0.309 e. The van der Waals surface area contributed by atoms with Crippen molar-refractivity contribution in [3.63, 3.8) is 0 Å². The number of nitriles is 1. The molecular weight excluding hydrogens is 831 g/mol. The van der Waals surface area contributed by atoms with Gasteiger partial charge in [0.05, 0.1) is 42.5 Å². The SMILES string of the molecule is C=CC[C@H](O[Si](C)(C)C(C)(C)C)[C@@H](C)C[C@@H](C)C[C@@H](C)C[C@H](C)[C@@H](O[Si](C)(C)C(C)(C)C)/C(C#N)=C\C=C\CC(O[Si](CC)(CC)CC)[C@@H]1CCC[C@H]1C(=O)OCC[Si](C)(C)C. The van der Waals surface area contributed by atoms with Crippen LogP contribution >= 0.6 is 0 Å². The smallest absolute Gasteiger partial charge is 0.309 e. The minimum Gasteiger partial charge on any atom is -0.466 e. The highest BCUT2D eigenvalue weighted by atomic mass is 28.4. The summed E-state index contributed by atoms with van der Waals surface area (Å²) in [4.78, 5) is 13.6. The first kappa shape index (κ1) is 58.9. The zero-order chi connectivity index (χ0) is 47.9. The maximum atomic E-state index is 13.6. The first-order chi connectivity index (χ1) is 28.4. The van der Waals surface area contributed by atoms with Gasteiger partial charge in [0.1, 0.15) is 0 Å². The number of hydrogen-bond donors (Lipinski definition) is 0. The minimum absolute atomic E-state index is 0.0124. The van der Waals surface area contributed by atoms with Crippen molar-refractivity contribution in [2.45, 2.75) is 240 Å². The Morgan fingerprint density at radius 1 is 0.774 bits per heavy atom. The Hall–Kier alpha value is -1.07. The highest BCUT2D eigenvalue weighted by Gasteiger charge is 2.44. The van der Waals surface area contributed by atoms with Crippen LogP contribution in [0.25, 0.3) is 0 Å². The third-order valence-corrected chi connectivity index (χ3v) is 30.7. The topological polar surface area (TPSA) is 77.8 Å². The van der Waals surface area contributed by atoms with Crippen LogP contribution in [0.3, 0.4) is 0 Å². The molecule has 0 heterocycles. The normalized spacial score (nSPS) is 20.9. The van der Waals surface area contributed by atoms with Gasteiger partial charge in [0.15, 0.2) is 25.0 Å². The van der Waals surface area contributed by atoms with E-state index in [0.29, 0.717) is 29.9 Å². The molecule has 360 valence electrons. The van der Waals surface area contributed by atoms with Gasteiger partial charge in [-0.3, -0.25) is 4.79 Å². The maximum absolute atomic E-state index is 13.6. The predicted octanol–water partition coefficient (Wildman–Crippen LogP) is 16.1. The second-order valence-electron chi connectivity index (χ2n) is 24.1. The van der Waals surface area contributed by atoms with E-state index < -0.39 is 33.0 Å². The molecule has 0 aromatic rings. The molecule has 1 rings (SSSR count). The molecular formula is C52H101NO5Si4. The molecule has 62 heavy (non-hydrogen) atoms. The van der Waals surface area contributed by atoms with Crippen molar-refractivity contribution in [3.8, 4) is 6.07 Å². The Labute approximate surface area is 389 Å². The summed E-state index contributed by atoms with van der Waals surface area (Å²) >= 11 is 0. The molecule has 0 radical (unpaired) electrons. The van der Waals surface area contributed by atoms with E-state index in [4.69, 9.17) is 18.0 Å². The number of hydrogen-bond acceptors (Lipinski definition) is 6. The quantitative estimate of drug-likeness (QED) is 0.0256. The Morgan fingerprint density at radius 2 is 1.31 bits per heavy atom. The van der Waals surface area contributed by atoms with E-state index >= 15 is 0 Å². The van der Waals surface area contributed by atoms with E-state index in [1.165, 1.54) is 0 Å². The van der Waals surface area contributed by atoms with Crippen LogP contribution in [0.5, 0.6) is 0 Å². The zero-order valence-electron chi connectivity index (χ0n) is 44.4. The second kappa shape index (κ2) is 25.7. The van der Waals surface area contributed by atoms with Crippen molar-refractivity contribution >= 4 is 39.0 Å². The Balaban J connectivity index is 3.38. The Morgan fingerprint density at radius 3 is 1.79 bits per heavy atom. The van der Waals surface area contributed by atoms with Crippen LogP contribution in [0.15, 0.2) is 36.5 Å². The molecule has 0 amide bonds. The molecule has 0 aliphatic heterocycles. The van der Waals surface area contributed by atoms with Crippen LogP contribution in [0.2, 0.25) is 80.1 Å². The molecule has 0 bridgehead atoms. The number of esters is 1. The van der Waals surface area contributed by atoms with E-state index in [1.54, 1.807) is 0 Å². The van der Waals surface area contributed by atoms with Gasteiger partial charge in [-0.15, -0.1) is 6.58 Å². The molecule has 0 aromatic heterocycles. The van der Waals surface area contributed by atoms with Crippen molar-refractivity contribution in [2.75, 3.05) is 6.61 Å². The van der Waals surface area contributed by atoms with Gasteiger partial charge in [0.2, 0.25) is 0 Å². The van der Waals surface area contributed by atoms with Crippen molar-refractivity contribution in [1.82, 2.24) is 0 Å². The molecule has 1 aliphatic carbocycles. The first-order valence-corrected chi connectivity index (χ1v) is 37.1. The fourth-order valence-corrected chi connectivity index (χ4v) is 15.4. The molecule has 0 saturated heterocycles. The summed E-state index contributed by atoms with van der Waals surface area (Å²) in [5.41, 5.74) is 0.698. The monoisotopic (exact) mass is 932 g/mol. The Kier molecular flexibility index (Phi) is 24.5. The van der Waals surface area contributed by atoms with Crippen molar-refractivity contribution in [1.29, 1.82) is 5.26 Å². The van der Waals surface area contributed by atoms with Gasteiger partial charge in [-0.05, 0) is 141 Å². The number of rotatable bonds is 28. The van der Waals surface area contributed by atoms with Gasteiger partial charge in [0.25, 0.3) is 0 Å². The standard InChI is InChI=1S/C52H101NO5Si4/c1-22-29-47(56-60(18,19)51(9,10)11)42(7)37-40(5)36-41(6)38-43(8)49(58-61(20,21)52(12,13)14)44(39-53)30-26-27-33-48(57-62(23-2,24-3)25-4)45-31-28-32-46(45)50(54)55-34-35-59(15,16)17/h22,26-27,30,40-43,45-49H,1,23-25,28-29,31-38H2,2-21H3/b27-26+,44-30-/t40-,41+,42-,43-,45+,46+,47-,48?,49+/m0/s1. The van der Waals surface area contributed by atoms with Crippen molar-refractivity contribution < 1.29 is 22.8 Å².